The zero-order chi connectivity index (χ0) is 14.3. The minimum atomic E-state index is -4.47. The van der Waals surface area contributed by atoms with Crippen LogP contribution in [0.5, 0.6) is 0 Å². The first-order valence-electron chi connectivity index (χ1n) is 5.50. The van der Waals surface area contributed by atoms with E-state index in [1.54, 1.807) is 14.1 Å². The number of aliphatic imine (C=N–C) groups is 1. The van der Waals surface area contributed by atoms with E-state index in [0.717, 1.165) is 12.3 Å². The monoisotopic (exact) mass is 276 g/mol. The summed E-state index contributed by atoms with van der Waals surface area (Å²) in [7, 11) is 3.32. The van der Waals surface area contributed by atoms with Crippen LogP contribution >= 0.6 is 0 Å². The second-order valence-electron chi connectivity index (χ2n) is 3.44. The van der Waals surface area contributed by atoms with E-state index >= 15 is 0 Å². The van der Waals surface area contributed by atoms with Gasteiger partial charge < -0.3 is 16.0 Å². The van der Waals surface area contributed by atoms with Gasteiger partial charge in [0.05, 0.1) is 0 Å². The van der Waals surface area contributed by atoms with Gasteiger partial charge in [0.2, 0.25) is 5.95 Å². The van der Waals surface area contributed by atoms with Crippen molar-refractivity contribution < 1.29 is 13.2 Å². The van der Waals surface area contributed by atoms with E-state index in [-0.39, 0.29) is 5.95 Å². The maximum absolute atomic E-state index is 12.4. The van der Waals surface area contributed by atoms with E-state index < -0.39 is 11.9 Å². The number of nitrogens with one attached hydrogen (secondary N) is 3. The van der Waals surface area contributed by atoms with Crippen LogP contribution in [0.3, 0.4) is 0 Å². The maximum Gasteiger partial charge on any atom is 0.433 e. The van der Waals surface area contributed by atoms with Crippen molar-refractivity contribution in [3.05, 3.63) is 18.0 Å². The zero-order valence-electron chi connectivity index (χ0n) is 10.5. The van der Waals surface area contributed by atoms with Crippen LogP contribution in [-0.2, 0) is 6.18 Å². The molecule has 0 aliphatic carbocycles. The van der Waals surface area contributed by atoms with Gasteiger partial charge in [-0.15, -0.1) is 0 Å². The van der Waals surface area contributed by atoms with Gasteiger partial charge in [0.1, 0.15) is 5.69 Å². The highest BCUT2D eigenvalue weighted by atomic mass is 19.4. The average molecular weight is 276 g/mol. The number of anilines is 1. The second kappa shape index (κ2) is 6.76. The lowest BCUT2D eigenvalue weighted by molar-refractivity contribution is -0.141. The molecule has 19 heavy (non-hydrogen) atoms. The lowest BCUT2D eigenvalue weighted by Crippen LogP contribution is -2.37. The fraction of sp³-hybridized carbons (Fsp3) is 0.500. The van der Waals surface area contributed by atoms with Gasteiger partial charge in [-0.3, -0.25) is 4.99 Å². The molecule has 0 aliphatic rings. The predicted molar refractivity (Wildman–Crippen MR) is 65.9 cm³/mol. The molecule has 1 aromatic rings. The predicted octanol–water partition coefficient (Wildman–Crippen LogP) is 0.702. The number of aromatic nitrogens is 2. The number of hydrogen-bond donors (Lipinski definition) is 3. The molecule has 3 N–H and O–H groups in total. The van der Waals surface area contributed by atoms with Crippen molar-refractivity contribution in [3.8, 4) is 0 Å². The Morgan fingerprint density at radius 1 is 1.37 bits per heavy atom. The first kappa shape index (κ1) is 15.0. The quantitative estimate of drug-likeness (QED) is 0.429. The summed E-state index contributed by atoms with van der Waals surface area (Å²) in [5.41, 5.74) is -0.969. The molecule has 1 rings (SSSR count). The topological polar surface area (TPSA) is 74.2 Å². The highest BCUT2D eigenvalue weighted by Gasteiger charge is 2.32. The molecule has 0 amide bonds. The maximum atomic E-state index is 12.4. The van der Waals surface area contributed by atoms with Crippen LogP contribution in [-0.4, -0.2) is 43.1 Å². The Hall–Kier alpha value is -2.06. The first-order valence-corrected chi connectivity index (χ1v) is 5.50. The van der Waals surface area contributed by atoms with Gasteiger partial charge in [-0.25, -0.2) is 9.97 Å². The van der Waals surface area contributed by atoms with Crippen molar-refractivity contribution in [2.75, 3.05) is 32.5 Å². The van der Waals surface area contributed by atoms with E-state index in [2.05, 4.69) is 30.9 Å². The number of rotatable bonds is 4. The van der Waals surface area contributed by atoms with Gasteiger partial charge in [0, 0.05) is 33.4 Å². The Morgan fingerprint density at radius 3 is 2.68 bits per heavy atom. The lowest BCUT2D eigenvalue weighted by Gasteiger charge is -2.10. The normalized spacial score (nSPS) is 12.2. The average Bonchev–Trinajstić information content (AvgIpc) is 2.38. The molecule has 106 valence electrons. The number of halogens is 3. The lowest BCUT2D eigenvalue weighted by atomic mass is 10.4. The minimum absolute atomic E-state index is 0.0592. The zero-order valence-corrected chi connectivity index (χ0v) is 10.5. The highest BCUT2D eigenvalue weighted by Crippen LogP contribution is 2.27. The molecule has 0 saturated carbocycles. The Labute approximate surface area is 108 Å². The van der Waals surface area contributed by atoms with E-state index in [9.17, 15) is 13.2 Å². The number of nitrogens with zero attached hydrogens (tertiary/aromatic N) is 3. The van der Waals surface area contributed by atoms with Gasteiger partial charge in [-0.1, -0.05) is 0 Å². The summed E-state index contributed by atoms with van der Waals surface area (Å²) in [6.45, 7) is 0.829. The van der Waals surface area contributed by atoms with Crippen LogP contribution in [0.25, 0.3) is 0 Å². The van der Waals surface area contributed by atoms with Gasteiger partial charge >= 0.3 is 6.18 Å². The fourth-order valence-electron chi connectivity index (χ4n) is 1.24. The standard InChI is InChI=1S/C10H15F3N6/c1-14-8(15-2)17-5-6-18-9-16-4-3-7(19-9)10(11,12)13/h3-4H,5-6H2,1-2H3,(H2,14,15,17)(H,16,18,19). The molecule has 6 nitrogen and oxygen atoms in total. The molecular formula is C10H15F3N6. The van der Waals surface area contributed by atoms with Crippen molar-refractivity contribution in [1.82, 2.24) is 20.6 Å². The minimum Gasteiger partial charge on any atom is -0.359 e. The number of alkyl halides is 3. The SMILES string of the molecule is CN=C(NC)NCCNc1nccc(C(F)(F)F)n1. The Balaban J connectivity index is 2.46. The fourth-order valence-corrected chi connectivity index (χ4v) is 1.24. The highest BCUT2D eigenvalue weighted by molar-refractivity contribution is 5.79. The van der Waals surface area contributed by atoms with Crippen LogP contribution in [0, 0.1) is 0 Å². The molecule has 9 heteroatoms. The molecule has 0 unspecified atom stereocenters. The smallest absolute Gasteiger partial charge is 0.359 e. The molecule has 0 spiro atoms. The van der Waals surface area contributed by atoms with Gasteiger partial charge in [-0.2, -0.15) is 13.2 Å². The van der Waals surface area contributed by atoms with E-state index in [1.807, 2.05) is 0 Å². The number of guanidine groups is 1. The third kappa shape index (κ3) is 4.98. The van der Waals surface area contributed by atoms with E-state index in [1.165, 1.54) is 0 Å². The molecule has 0 radical (unpaired) electrons. The molecular weight excluding hydrogens is 261 g/mol. The Bertz CT molecular complexity index is 432. The molecule has 0 aliphatic heterocycles. The van der Waals surface area contributed by atoms with Gasteiger partial charge in [-0.05, 0) is 6.07 Å². The van der Waals surface area contributed by atoms with Crippen LogP contribution < -0.4 is 16.0 Å². The third-order valence-corrected chi connectivity index (χ3v) is 2.11. The van der Waals surface area contributed by atoms with E-state index in [4.69, 9.17) is 0 Å². The second-order valence-corrected chi connectivity index (χ2v) is 3.44. The summed E-state index contributed by atoms with van der Waals surface area (Å²) < 4.78 is 37.2. The summed E-state index contributed by atoms with van der Waals surface area (Å²) >= 11 is 0. The summed E-state index contributed by atoms with van der Waals surface area (Å²) in [4.78, 5) is 11.0. The van der Waals surface area contributed by atoms with Gasteiger partial charge in [0.15, 0.2) is 5.96 Å². The first-order chi connectivity index (χ1) is 8.97. The van der Waals surface area contributed by atoms with E-state index in [0.29, 0.717) is 19.0 Å². The van der Waals surface area contributed by atoms with Gasteiger partial charge in [0.25, 0.3) is 0 Å². The van der Waals surface area contributed by atoms with Crippen LogP contribution in [0.2, 0.25) is 0 Å². The van der Waals surface area contributed by atoms with Crippen LogP contribution in [0.1, 0.15) is 5.69 Å². The molecule has 0 saturated heterocycles. The molecule has 1 heterocycles. The third-order valence-electron chi connectivity index (χ3n) is 2.11. The summed E-state index contributed by atoms with van der Waals surface area (Å²) in [6, 6.07) is 0.826. The molecule has 0 atom stereocenters. The van der Waals surface area contributed by atoms with Crippen molar-refractivity contribution >= 4 is 11.9 Å². The van der Waals surface area contributed by atoms with Crippen LogP contribution in [0.15, 0.2) is 17.3 Å². The Morgan fingerprint density at radius 2 is 2.11 bits per heavy atom. The summed E-state index contributed by atoms with van der Waals surface area (Å²) in [5.74, 6) is 0.530. The number of hydrogen-bond acceptors (Lipinski definition) is 4. The molecule has 1 aromatic heterocycles. The van der Waals surface area contributed by atoms with Crippen molar-refractivity contribution in [2.24, 2.45) is 4.99 Å². The van der Waals surface area contributed by atoms with Crippen LogP contribution in [0.4, 0.5) is 19.1 Å². The van der Waals surface area contributed by atoms with Crippen molar-refractivity contribution in [1.29, 1.82) is 0 Å². The van der Waals surface area contributed by atoms with Crippen molar-refractivity contribution in [3.63, 3.8) is 0 Å². The molecule has 0 bridgehead atoms. The van der Waals surface area contributed by atoms with Crippen molar-refractivity contribution in [2.45, 2.75) is 6.18 Å². The molecule has 0 aromatic carbocycles. The molecule has 0 fully saturated rings. The summed E-state index contributed by atoms with van der Waals surface area (Å²) in [6.07, 6.45) is -3.40. The summed E-state index contributed by atoms with van der Waals surface area (Å²) in [5, 5.41) is 8.44. The Kier molecular flexibility index (Phi) is 5.34. The largest absolute Gasteiger partial charge is 0.433 e.